The van der Waals surface area contributed by atoms with Crippen molar-refractivity contribution in [3.8, 4) is 28.4 Å². The van der Waals surface area contributed by atoms with Gasteiger partial charge in [0.25, 0.3) is 0 Å². The van der Waals surface area contributed by atoms with Crippen molar-refractivity contribution in [1.29, 1.82) is 0 Å². The molecule has 0 aliphatic carbocycles. The third-order valence-electron chi connectivity index (χ3n) is 6.34. The van der Waals surface area contributed by atoms with Gasteiger partial charge in [-0.05, 0) is 84.5 Å². The third kappa shape index (κ3) is 7.04. The number of aryl methyl sites for hydroxylation is 2. The summed E-state index contributed by atoms with van der Waals surface area (Å²) in [5.74, 6) is 1.22. The van der Waals surface area contributed by atoms with Gasteiger partial charge in [0.05, 0.1) is 25.4 Å². The molecule has 0 aromatic heterocycles. The molecule has 1 atom stereocenters. The molecule has 0 saturated carbocycles. The predicted octanol–water partition coefficient (Wildman–Crippen LogP) is 5.31. The van der Waals surface area contributed by atoms with Gasteiger partial charge in [-0.25, -0.2) is 8.42 Å². The van der Waals surface area contributed by atoms with Gasteiger partial charge in [-0.15, -0.1) is 0 Å². The minimum atomic E-state index is -2.99. The highest BCUT2D eigenvalue weighted by atomic mass is 32.2. The lowest BCUT2D eigenvalue weighted by molar-refractivity contribution is -0.137. The first kappa shape index (κ1) is 26.5. The normalized spacial score (nSPS) is 14.6. The number of ether oxygens (including phenoxy) is 3. The Morgan fingerprint density at radius 1 is 1.03 bits per heavy atom. The number of hydrogen-bond acceptors (Lipinski definition) is 6. The maximum Gasteiger partial charge on any atom is 0.304 e. The lowest BCUT2D eigenvalue weighted by Gasteiger charge is -2.15. The molecule has 196 valence electrons. The summed E-state index contributed by atoms with van der Waals surface area (Å²) in [5.41, 5.74) is 6.22. The number of rotatable bonds is 11. The summed E-state index contributed by atoms with van der Waals surface area (Å²) in [4.78, 5) is 11.2. The molecule has 1 N–H and O–H groups in total. The van der Waals surface area contributed by atoms with Gasteiger partial charge in [0.1, 0.15) is 33.7 Å². The van der Waals surface area contributed by atoms with Crippen LogP contribution in [0.5, 0.6) is 17.2 Å². The van der Waals surface area contributed by atoms with E-state index in [0.717, 1.165) is 44.9 Å². The molecule has 0 radical (unpaired) electrons. The van der Waals surface area contributed by atoms with E-state index in [1.54, 1.807) is 0 Å². The van der Waals surface area contributed by atoms with Crippen molar-refractivity contribution in [2.45, 2.75) is 39.2 Å². The van der Waals surface area contributed by atoms with E-state index in [2.05, 4.69) is 12.1 Å². The Kier molecular flexibility index (Phi) is 8.07. The number of carboxylic acids is 1. The van der Waals surface area contributed by atoms with Crippen LogP contribution in [0.2, 0.25) is 0 Å². The molecule has 7 nitrogen and oxygen atoms in total. The number of benzene rings is 3. The van der Waals surface area contributed by atoms with Crippen molar-refractivity contribution in [2.75, 3.05) is 25.2 Å². The fraction of sp³-hybridized carbons (Fsp3) is 0.345. The van der Waals surface area contributed by atoms with Gasteiger partial charge < -0.3 is 19.3 Å². The number of hydrogen-bond donors (Lipinski definition) is 1. The van der Waals surface area contributed by atoms with Crippen molar-refractivity contribution in [1.82, 2.24) is 0 Å². The second kappa shape index (κ2) is 11.3. The zero-order valence-electron chi connectivity index (χ0n) is 21.3. The standard InChI is InChI=1S/C29H32O7S/c1-19-12-25(34-10-5-11-37(3,32)33)13-20(2)29(19)22-7-4-6-21(14-22)17-35-24-8-9-27-26(16-24)23(18-36-27)15-28(30)31/h4,6-9,12-14,16,23H,5,10-11,15,17-18H2,1-3H3,(H,30,31)/t23-/m1/s1. The SMILES string of the molecule is Cc1cc(OCCCS(C)(=O)=O)cc(C)c1-c1cccc(COc2ccc3c(c2)[C@H](CC(=O)O)CO3)c1. The Labute approximate surface area is 217 Å². The van der Waals surface area contributed by atoms with Crippen molar-refractivity contribution in [3.05, 3.63) is 76.9 Å². The van der Waals surface area contributed by atoms with Crippen LogP contribution in [0.3, 0.4) is 0 Å². The monoisotopic (exact) mass is 524 g/mol. The van der Waals surface area contributed by atoms with Crippen molar-refractivity contribution >= 4 is 15.8 Å². The van der Waals surface area contributed by atoms with E-state index in [4.69, 9.17) is 19.3 Å². The van der Waals surface area contributed by atoms with E-state index in [9.17, 15) is 13.2 Å². The summed E-state index contributed by atoms with van der Waals surface area (Å²) < 4.78 is 40.1. The zero-order valence-corrected chi connectivity index (χ0v) is 22.1. The van der Waals surface area contributed by atoms with E-state index in [-0.39, 0.29) is 18.1 Å². The summed E-state index contributed by atoms with van der Waals surface area (Å²) >= 11 is 0. The lowest BCUT2D eigenvalue weighted by atomic mass is 9.94. The highest BCUT2D eigenvalue weighted by Crippen LogP contribution is 2.38. The Hall–Kier alpha value is -3.52. The first-order chi connectivity index (χ1) is 17.6. The zero-order chi connectivity index (χ0) is 26.6. The van der Waals surface area contributed by atoms with Gasteiger partial charge in [-0.3, -0.25) is 4.79 Å². The number of sulfone groups is 1. The summed E-state index contributed by atoms with van der Waals surface area (Å²) in [5, 5.41) is 9.16. The van der Waals surface area contributed by atoms with Crippen LogP contribution < -0.4 is 14.2 Å². The van der Waals surface area contributed by atoms with Gasteiger partial charge >= 0.3 is 5.97 Å². The molecular weight excluding hydrogens is 492 g/mol. The highest BCUT2D eigenvalue weighted by Gasteiger charge is 2.26. The van der Waals surface area contributed by atoms with Gasteiger partial charge in [0, 0.05) is 17.7 Å². The third-order valence-corrected chi connectivity index (χ3v) is 7.37. The van der Waals surface area contributed by atoms with Crippen molar-refractivity contribution in [2.24, 2.45) is 0 Å². The maximum absolute atomic E-state index is 11.3. The van der Waals surface area contributed by atoms with E-state index in [1.165, 1.54) is 6.26 Å². The van der Waals surface area contributed by atoms with Gasteiger partial charge in [-0.2, -0.15) is 0 Å². The van der Waals surface area contributed by atoms with E-state index in [1.807, 2.05) is 56.3 Å². The number of carbonyl (C=O) groups is 1. The smallest absolute Gasteiger partial charge is 0.304 e. The molecule has 0 fully saturated rings. The van der Waals surface area contributed by atoms with Gasteiger partial charge in [-0.1, -0.05) is 18.2 Å². The fourth-order valence-electron chi connectivity index (χ4n) is 4.68. The number of aliphatic carboxylic acids is 1. The molecule has 0 unspecified atom stereocenters. The number of fused-ring (bicyclic) bond motifs is 1. The van der Waals surface area contributed by atoms with Gasteiger partial charge in [0.15, 0.2) is 0 Å². The van der Waals surface area contributed by atoms with Gasteiger partial charge in [0.2, 0.25) is 0 Å². The quantitative estimate of drug-likeness (QED) is 0.339. The van der Waals surface area contributed by atoms with Crippen LogP contribution in [-0.4, -0.2) is 44.7 Å². The highest BCUT2D eigenvalue weighted by molar-refractivity contribution is 7.90. The predicted molar refractivity (Wildman–Crippen MR) is 142 cm³/mol. The average molecular weight is 525 g/mol. The fourth-order valence-corrected chi connectivity index (χ4v) is 5.33. The minimum absolute atomic E-state index is 0.0294. The maximum atomic E-state index is 11.3. The Morgan fingerprint density at radius 3 is 2.49 bits per heavy atom. The molecule has 1 heterocycles. The average Bonchev–Trinajstić information content (AvgIpc) is 3.21. The van der Waals surface area contributed by atoms with Crippen LogP contribution in [0.15, 0.2) is 54.6 Å². The molecule has 3 aromatic rings. The molecule has 4 rings (SSSR count). The van der Waals surface area contributed by atoms with Crippen LogP contribution in [0.25, 0.3) is 11.1 Å². The van der Waals surface area contributed by atoms with Crippen LogP contribution in [0.1, 0.15) is 41.0 Å². The van der Waals surface area contributed by atoms with E-state index < -0.39 is 15.8 Å². The molecule has 37 heavy (non-hydrogen) atoms. The molecule has 1 aliphatic rings. The minimum Gasteiger partial charge on any atom is -0.494 e. The second-order valence-electron chi connectivity index (χ2n) is 9.56. The molecular formula is C29H32O7S. The Bertz CT molecular complexity index is 1370. The molecule has 0 saturated heterocycles. The Morgan fingerprint density at radius 2 is 1.78 bits per heavy atom. The molecule has 1 aliphatic heterocycles. The largest absolute Gasteiger partial charge is 0.494 e. The first-order valence-corrected chi connectivity index (χ1v) is 14.3. The second-order valence-corrected chi connectivity index (χ2v) is 11.8. The van der Waals surface area contributed by atoms with Crippen LogP contribution in [0.4, 0.5) is 0 Å². The lowest BCUT2D eigenvalue weighted by Crippen LogP contribution is -2.08. The van der Waals surface area contributed by atoms with E-state index >= 15 is 0 Å². The molecule has 0 bridgehead atoms. The summed E-state index contributed by atoms with van der Waals surface area (Å²) in [6.07, 6.45) is 1.72. The molecule has 0 spiro atoms. The Balaban J connectivity index is 1.43. The van der Waals surface area contributed by atoms with E-state index in [0.29, 0.717) is 32.0 Å². The number of carboxylic acid groups (broad SMARTS) is 1. The molecule has 3 aromatic carbocycles. The topological polar surface area (TPSA) is 99.1 Å². The van der Waals surface area contributed by atoms with Crippen LogP contribution in [-0.2, 0) is 21.2 Å². The van der Waals surface area contributed by atoms with Crippen LogP contribution in [0, 0.1) is 13.8 Å². The summed E-state index contributed by atoms with van der Waals surface area (Å²) in [6, 6.07) is 17.7. The summed E-state index contributed by atoms with van der Waals surface area (Å²) in [7, 11) is -2.99. The first-order valence-electron chi connectivity index (χ1n) is 12.2. The summed E-state index contributed by atoms with van der Waals surface area (Å²) in [6.45, 7) is 5.17. The molecule has 0 amide bonds. The van der Waals surface area contributed by atoms with Crippen molar-refractivity contribution < 1.29 is 32.5 Å². The van der Waals surface area contributed by atoms with Crippen LogP contribution >= 0.6 is 0 Å². The molecule has 8 heteroatoms. The van der Waals surface area contributed by atoms with Crippen molar-refractivity contribution in [3.63, 3.8) is 0 Å².